The fourth-order valence-corrected chi connectivity index (χ4v) is 5.48. The van der Waals surface area contributed by atoms with Gasteiger partial charge in [-0.1, -0.05) is 0 Å². The van der Waals surface area contributed by atoms with Gasteiger partial charge < -0.3 is 19.6 Å². The quantitative estimate of drug-likeness (QED) is 0.361. The van der Waals surface area contributed by atoms with Gasteiger partial charge in [0, 0.05) is 42.9 Å². The topological polar surface area (TPSA) is 112 Å². The molecule has 11 heteroatoms. The molecule has 0 bridgehead atoms. The van der Waals surface area contributed by atoms with E-state index in [9.17, 15) is 22.7 Å². The summed E-state index contributed by atoms with van der Waals surface area (Å²) in [6, 6.07) is 18.4. The van der Waals surface area contributed by atoms with Crippen LogP contribution in [-0.4, -0.2) is 57.8 Å². The third-order valence-corrected chi connectivity index (χ3v) is 7.84. The number of pyridine rings is 1. The largest absolute Gasteiger partial charge is 0.497 e. The standard InChI is InChI=1S/C27H25FN4O5S/c1-37-21-7-9-22(10-8-21)38(35,36)30-19-4-11-25-23(16-19)24(27(33)34)17-26(29-25)32-14-12-31(13-15-32)20-5-2-18(28)3-6-20/h2-11,16-17,30H,12-15H2,1H3,(H,33,34). The fraction of sp³-hybridized carbons (Fsp3) is 0.185. The van der Waals surface area contributed by atoms with Gasteiger partial charge in [0.2, 0.25) is 0 Å². The zero-order valence-corrected chi connectivity index (χ0v) is 21.3. The Labute approximate surface area is 219 Å². The van der Waals surface area contributed by atoms with E-state index in [1.807, 2.05) is 4.90 Å². The predicted molar refractivity (Wildman–Crippen MR) is 143 cm³/mol. The Morgan fingerprint density at radius 3 is 2.24 bits per heavy atom. The molecule has 1 aliphatic heterocycles. The number of nitrogens with one attached hydrogen (secondary N) is 1. The lowest BCUT2D eigenvalue weighted by atomic mass is 10.1. The average molecular weight is 537 g/mol. The van der Waals surface area contributed by atoms with Crippen LogP contribution < -0.4 is 19.3 Å². The van der Waals surface area contributed by atoms with E-state index >= 15 is 0 Å². The Morgan fingerprint density at radius 2 is 1.61 bits per heavy atom. The Morgan fingerprint density at radius 1 is 0.947 bits per heavy atom. The first kappa shape index (κ1) is 25.3. The smallest absolute Gasteiger partial charge is 0.336 e. The van der Waals surface area contributed by atoms with E-state index in [1.54, 1.807) is 36.4 Å². The third-order valence-electron chi connectivity index (χ3n) is 6.44. The van der Waals surface area contributed by atoms with Gasteiger partial charge in [-0.25, -0.2) is 22.6 Å². The number of carbonyl (C=O) groups is 1. The van der Waals surface area contributed by atoms with Crippen LogP contribution in [0.5, 0.6) is 5.75 Å². The van der Waals surface area contributed by atoms with Crippen LogP contribution in [0.2, 0.25) is 0 Å². The first-order chi connectivity index (χ1) is 18.2. The lowest BCUT2D eigenvalue weighted by Crippen LogP contribution is -2.46. The second kappa shape index (κ2) is 10.2. The first-order valence-corrected chi connectivity index (χ1v) is 13.3. The van der Waals surface area contributed by atoms with Crippen LogP contribution in [0.3, 0.4) is 0 Å². The number of hydrogen-bond acceptors (Lipinski definition) is 7. The van der Waals surface area contributed by atoms with E-state index in [0.717, 1.165) is 5.69 Å². The van der Waals surface area contributed by atoms with Gasteiger partial charge in [-0.15, -0.1) is 0 Å². The SMILES string of the molecule is COc1ccc(S(=O)(=O)Nc2ccc3nc(N4CCN(c5ccc(F)cc5)CC4)cc(C(=O)O)c3c2)cc1. The Kier molecular flexibility index (Phi) is 6.77. The number of piperazine rings is 1. The molecular formula is C27H25FN4O5S. The number of nitrogens with zero attached hydrogens (tertiary/aromatic N) is 3. The predicted octanol–water partition coefficient (Wildman–Crippen LogP) is 4.21. The second-order valence-corrected chi connectivity index (χ2v) is 10.5. The lowest BCUT2D eigenvalue weighted by Gasteiger charge is -2.37. The number of fused-ring (bicyclic) bond motifs is 1. The van der Waals surface area contributed by atoms with Crippen molar-refractivity contribution in [2.45, 2.75) is 4.90 Å². The Balaban J connectivity index is 1.38. The summed E-state index contributed by atoms with van der Waals surface area (Å²) in [5.41, 5.74) is 1.61. The van der Waals surface area contributed by atoms with Crippen molar-refractivity contribution in [1.82, 2.24) is 4.98 Å². The van der Waals surface area contributed by atoms with Crippen molar-refractivity contribution >= 4 is 44.1 Å². The summed E-state index contributed by atoms with van der Waals surface area (Å²) >= 11 is 0. The molecule has 2 N–H and O–H groups in total. The molecule has 196 valence electrons. The molecule has 0 amide bonds. The number of methoxy groups -OCH3 is 1. The summed E-state index contributed by atoms with van der Waals surface area (Å²) in [6.07, 6.45) is 0. The van der Waals surface area contributed by atoms with Crippen LogP contribution in [0, 0.1) is 5.82 Å². The van der Waals surface area contributed by atoms with Crippen LogP contribution >= 0.6 is 0 Å². The van der Waals surface area contributed by atoms with E-state index in [4.69, 9.17) is 4.74 Å². The number of aromatic nitrogens is 1. The molecule has 2 heterocycles. The summed E-state index contributed by atoms with van der Waals surface area (Å²) < 4.78 is 46.5. The van der Waals surface area contributed by atoms with Crippen LogP contribution in [0.15, 0.2) is 77.7 Å². The first-order valence-electron chi connectivity index (χ1n) is 11.8. The number of carboxylic acids is 1. The van der Waals surface area contributed by atoms with E-state index in [1.165, 1.54) is 43.5 Å². The highest BCUT2D eigenvalue weighted by Crippen LogP contribution is 2.28. The molecule has 0 atom stereocenters. The van der Waals surface area contributed by atoms with Gasteiger partial charge in [0.1, 0.15) is 17.4 Å². The van der Waals surface area contributed by atoms with Crippen molar-refractivity contribution in [1.29, 1.82) is 0 Å². The van der Waals surface area contributed by atoms with Crippen LogP contribution in [0.25, 0.3) is 10.9 Å². The molecule has 1 aliphatic rings. The highest BCUT2D eigenvalue weighted by atomic mass is 32.2. The van der Waals surface area contributed by atoms with Gasteiger partial charge >= 0.3 is 5.97 Å². The molecule has 0 saturated carbocycles. The molecule has 3 aromatic carbocycles. The van der Waals surface area contributed by atoms with Gasteiger partial charge in [0.15, 0.2) is 0 Å². The molecule has 0 radical (unpaired) electrons. The zero-order chi connectivity index (χ0) is 26.9. The highest BCUT2D eigenvalue weighted by Gasteiger charge is 2.22. The number of ether oxygens (including phenoxy) is 1. The van der Waals surface area contributed by atoms with E-state index in [2.05, 4.69) is 14.6 Å². The fourth-order valence-electron chi connectivity index (χ4n) is 4.43. The highest BCUT2D eigenvalue weighted by molar-refractivity contribution is 7.92. The van der Waals surface area contributed by atoms with Crippen molar-refractivity contribution in [3.8, 4) is 5.75 Å². The Bertz CT molecular complexity index is 1590. The zero-order valence-electron chi connectivity index (χ0n) is 20.5. The molecule has 38 heavy (non-hydrogen) atoms. The minimum absolute atomic E-state index is 0.0245. The van der Waals surface area contributed by atoms with Gasteiger partial charge in [0.05, 0.1) is 23.1 Å². The second-order valence-electron chi connectivity index (χ2n) is 8.80. The number of hydrogen-bond donors (Lipinski definition) is 2. The lowest BCUT2D eigenvalue weighted by molar-refractivity contribution is 0.0699. The van der Waals surface area contributed by atoms with Crippen LogP contribution in [0.4, 0.5) is 21.6 Å². The number of aromatic carboxylic acids is 1. The number of carboxylic acid groups (broad SMARTS) is 1. The molecule has 1 fully saturated rings. The molecular weight excluding hydrogens is 511 g/mol. The van der Waals surface area contributed by atoms with Crippen molar-refractivity contribution in [3.05, 3.63) is 84.2 Å². The number of anilines is 3. The summed E-state index contributed by atoms with van der Waals surface area (Å²) in [5.74, 6) is -0.371. The van der Waals surface area contributed by atoms with Crippen molar-refractivity contribution in [2.75, 3.05) is 47.8 Å². The summed E-state index contributed by atoms with van der Waals surface area (Å²) in [6.45, 7) is 2.54. The van der Waals surface area contributed by atoms with Crippen molar-refractivity contribution in [2.24, 2.45) is 0 Å². The van der Waals surface area contributed by atoms with E-state index < -0.39 is 16.0 Å². The number of benzene rings is 3. The van der Waals surface area contributed by atoms with Gasteiger partial charge in [-0.2, -0.15) is 0 Å². The molecule has 9 nitrogen and oxygen atoms in total. The van der Waals surface area contributed by atoms with Crippen LogP contribution in [-0.2, 0) is 10.0 Å². The normalized spacial score (nSPS) is 13.9. The summed E-state index contributed by atoms with van der Waals surface area (Å²) in [7, 11) is -2.41. The van der Waals surface area contributed by atoms with Gasteiger partial charge in [0.25, 0.3) is 10.0 Å². The number of sulfonamides is 1. The van der Waals surface area contributed by atoms with Crippen molar-refractivity contribution < 1.29 is 27.4 Å². The van der Waals surface area contributed by atoms with E-state index in [-0.39, 0.29) is 22.0 Å². The molecule has 1 aromatic heterocycles. The maximum absolute atomic E-state index is 13.3. The van der Waals surface area contributed by atoms with E-state index in [0.29, 0.717) is 48.6 Å². The summed E-state index contributed by atoms with van der Waals surface area (Å²) in [5, 5.41) is 10.3. The van der Waals surface area contributed by atoms with Gasteiger partial charge in [-0.05, 0) is 72.8 Å². The number of halogens is 1. The molecule has 1 saturated heterocycles. The monoisotopic (exact) mass is 536 g/mol. The maximum Gasteiger partial charge on any atom is 0.336 e. The maximum atomic E-state index is 13.3. The van der Waals surface area contributed by atoms with Gasteiger partial charge in [-0.3, -0.25) is 4.72 Å². The molecule has 5 rings (SSSR count). The van der Waals surface area contributed by atoms with Crippen molar-refractivity contribution in [3.63, 3.8) is 0 Å². The summed E-state index contributed by atoms with van der Waals surface area (Å²) in [4.78, 5) is 21.0. The Hall–Kier alpha value is -4.38. The molecule has 0 spiro atoms. The average Bonchev–Trinajstić information content (AvgIpc) is 2.93. The minimum atomic E-state index is -3.90. The minimum Gasteiger partial charge on any atom is -0.497 e. The number of rotatable bonds is 7. The molecule has 0 unspecified atom stereocenters. The third kappa shape index (κ3) is 5.18. The van der Waals surface area contributed by atoms with Crippen LogP contribution in [0.1, 0.15) is 10.4 Å². The molecule has 0 aliphatic carbocycles. The molecule has 4 aromatic rings.